The van der Waals surface area contributed by atoms with Crippen LogP contribution in [0.1, 0.15) is 40.5 Å². The molecule has 0 fully saturated rings. The van der Waals surface area contributed by atoms with Crippen LogP contribution < -0.4 is 19.8 Å². The van der Waals surface area contributed by atoms with Gasteiger partial charge < -0.3 is 28.6 Å². The number of methoxy groups -OCH3 is 3. The molecular formula is C32H35N3O7. The van der Waals surface area contributed by atoms with Crippen molar-refractivity contribution in [3.05, 3.63) is 87.0 Å². The zero-order chi connectivity index (χ0) is 30.0. The van der Waals surface area contributed by atoms with Gasteiger partial charge in [-0.2, -0.15) is 0 Å². The highest BCUT2D eigenvalue weighted by Gasteiger charge is 2.30. The zero-order valence-electron chi connectivity index (χ0n) is 24.5. The molecule has 3 heterocycles. The number of hydrogen-bond acceptors (Lipinski definition) is 10. The van der Waals surface area contributed by atoms with Crippen LogP contribution in [0, 0.1) is 0 Å². The molecule has 0 bridgehead atoms. The van der Waals surface area contributed by atoms with E-state index in [2.05, 4.69) is 4.90 Å². The highest BCUT2D eigenvalue weighted by molar-refractivity contribution is 5.83. The van der Waals surface area contributed by atoms with E-state index in [1.807, 2.05) is 61.5 Å². The lowest BCUT2D eigenvalue weighted by Crippen LogP contribution is -2.30. The third-order valence-electron chi connectivity index (χ3n) is 7.62. The molecule has 0 spiro atoms. The van der Waals surface area contributed by atoms with Gasteiger partial charge in [-0.3, -0.25) is 14.5 Å². The Balaban J connectivity index is 1.54. The monoisotopic (exact) mass is 573 g/mol. The van der Waals surface area contributed by atoms with Crippen LogP contribution in [-0.2, 0) is 29.0 Å². The molecule has 0 radical (unpaired) electrons. The average molecular weight is 574 g/mol. The minimum Gasteiger partial charge on any atom is -0.502 e. The van der Waals surface area contributed by atoms with E-state index in [-0.39, 0.29) is 12.2 Å². The Morgan fingerprint density at radius 3 is 2.48 bits per heavy atom. The third-order valence-corrected chi connectivity index (χ3v) is 7.62. The smallest absolute Gasteiger partial charge is 0.306 e. The van der Waals surface area contributed by atoms with E-state index < -0.39 is 23.1 Å². The van der Waals surface area contributed by atoms with Gasteiger partial charge in [0, 0.05) is 44.2 Å². The Hall–Kier alpha value is -4.57. The van der Waals surface area contributed by atoms with Crippen LogP contribution in [0.3, 0.4) is 0 Å². The van der Waals surface area contributed by atoms with E-state index in [1.165, 1.54) is 18.7 Å². The molecule has 4 aromatic rings. The van der Waals surface area contributed by atoms with Gasteiger partial charge >= 0.3 is 5.97 Å². The summed E-state index contributed by atoms with van der Waals surface area (Å²) in [7, 11) is 8.22. The number of aromatic hydroxyl groups is 1. The highest BCUT2D eigenvalue weighted by Crippen LogP contribution is 2.39. The van der Waals surface area contributed by atoms with Crippen molar-refractivity contribution in [1.29, 1.82) is 0 Å². The van der Waals surface area contributed by atoms with Crippen LogP contribution >= 0.6 is 0 Å². The Morgan fingerprint density at radius 1 is 1.07 bits per heavy atom. The molecule has 220 valence electrons. The number of hydrogen-bond donors (Lipinski definition) is 1. The highest BCUT2D eigenvalue weighted by atomic mass is 16.5. The lowest BCUT2D eigenvalue weighted by atomic mass is 9.91. The number of rotatable bonds is 9. The molecule has 2 aromatic carbocycles. The van der Waals surface area contributed by atoms with Crippen molar-refractivity contribution in [2.45, 2.75) is 31.8 Å². The molecule has 5 rings (SSSR count). The normalized spacial score (nSPS) is 13.8. The maximum atomic E-state index is 13.1. The number of aromatic nitrogens is 1. The van der Waals surface area contributed by atoms with Crippen molar-refractivity contribution in [1.82, 2.24) is 9.88 Å². The van der Waals surface area contributed by atoms with Gasteiger partial charge in [0.1, 0.15) is 11.6 Å². The lowest BCUT2D eigenvalue weighted by molar-refractivity contribution is -0.140. The van der Waals surface area contributed by atoms with E-state index in [9.17, 15) is 14.7 Å². The Kier molecular flexibility index (Phi) is 8.35. The number of benzene rings is 2. The topological polar surface area (TPSA) is 115 Å². The van der Waals surface area contributed by atoms with Gasteiger partial charge in [0.15, 0.2) is 17.3 Å². The fourth-order valence-corrected chi connectivity index (χ4v) is 5.50. The maximum absolute atomic E-state index is 13.1. The van der Waals surface area contributed by atoms with Gasteiger partial charge in [-0.15, -0.1) is 0 Å². The zero-order valence-corrected chi connectivity index (χ0v) is 24.5. The number of pyridine rings is 1. The number of esters is 1. The predicted octanol–water partition coefficient (Wildman–Crippen LogP) is 4.23. The summed E-state index contributed by atoms with van der Waals surface area (Å²) in [5.74, 6) is 0.455. The average Bonchev–Trinajstić information content (AvgIpc) is 3.00. The fourth-order valence-electron chi connectivity index (χ4n) is 5.50. The van der Waals surface area contributed by atoms with Crippen LogP contribution in [0.4, 0.5) is 5.82 Å². The van der Waals surface area contributed by atoms with Crippen LogP contribution in [0.2, 0.25) is 0 Å². The molecular weight excluding hydrogens is 538 g/mol. The first-order valence-corrected chi connectivity index (χ1v) is 13.7. The molecule has 1 aliphatic rings. The van der Waals surface area contributed by atoms with E-state index in [4.69, 9.17) is 23.6 Å². The van der Waals surface area contributed by atoms with Gasteiger partial charge in [-0.25, -0.2) is 4.98 Å². The Labute approximate surface area is 244 Å². The summed E-state index contributed by atoms with van der Waals surface area (Å²) < 4.78 is 22.2. The van der Waals surface area contributed by atoms with E-state index in [0.717, 1.165) is 29.4 Å². The van der Waals surface area contributed by atoms with Crippen LogP contribution in [-0.4, -0.2) is 62.9 Å². The number of carbonyl (C=O) groups is 1. The summed E-state index contributed by atoms with van der Waals surface area (Å²) in [5.41, 5.74) is 3.11. The molecule has 1 N–H and O–H groups in total. The summed E-state index contributed by atoms with van der Waals surface area (Å²) in [4.78, 5) is 34.5. The van der Waals surface area contributed by atoms with Crippen molar-refractivity contribution < 1.29 is 28.5 Å². The SMILES string of the molecule is COC(=O)CC(c1cc2ccccc2nc1N(C)C)c1oc(CN2CCc3cc(OC)c(OC)cc3C2)cc(=O)c1O. The molecule has 0 aliphatic carbocycles. The largest absolute Gasteiger partial charge is 0.502 e. The van der Waals surface area contributed by atoms with Crippen molar-refractivity contribution in [2.75, 3.05) is 46.9 Å². The van der Waals surface area contributed by atoms with Gasteiger partial charge in [-0.05, 0) is 41.8 Å². The molecule has 0 amide bonds. The number of anilines is 1. The predicted molar refractivity (Wildman–Crippen MR) is 159 cm³/mol. The van der Waals surface area contributed by atoms with Gasteiger partial charge in [0.2, 0.25) is 11.2 Å². The summed E-state index contributed by atoms with van der Waals surface area (Å²) in [6.07, 6.45) is 0.626. The summed E-state index contributed by atoms with van der Waals surface area (Å²) in [5, 5.41) is 11.8. The van der Waals surface area contributed by atoms with Gasteiger partial charge in [0.25, 0.3) is 0 Å². The minimum absolute atomic E-state index is 0.00639. The fraction of sp³-hybridized carbons (Fsp3) is 0.344. The molecule has 2 aromatic heterocycles. The minimum atomic E-state index is -0.821. The standard InChI is InChI=1S/C32H35N3O7/c1-34(2)32-24(12-20-8-6-7-9-25(20)33-32)23(16-29(37)41-5)31-30(38)26(36)15-22(42-31)18-35-11-10-19-13-27(39-3)28(40-4)14-21(19)17-35/h6-9,12-15,23,38H,10-11,16-18H2,1-5H3. The number of para-hydroxylation sites is 1. The van der Waals surface area contributed by atoms with Crippen molar-refractivity contribution in [3.8, 4) is 17.2 Å². The van der Waals surface area contributed by atoms with Crippen LogP contribution in [0.5, 0.6) is 17.2 Å². The molecule has 0 saturated heterocycles. The first-order valence-electron chi connectivity index (χ1n) is 13.7. The van der Waals surface area contributed by atoms with Crippen molar-refractivity contribution >= 4 is 22.7 Å². The van der Waals surface area contributed by atoms with Gasteiger partial charge in [0.05, 0.1) is 45.7 Å². The van der Waals surface area contributed by atoms with Crippen molar-refractivity contribution in [3.63, 3.8) is 0 Å². The summed E-state index contributed by atoms with van der Waals surface area (Å²) in [6.45, 7) is 1.67. The number of fused-ring (bicyclic) bond motifs is 2. The lowest BCUT2D eigenvalue weighted by Gasteiger charge is -2.29. The Morgan fingerprint density at radius 2 is 1.79 bits per heavy atom. The molecule has 1 aliphatic heterocycles. The summed E-state index contributed by atoms with van der Waals surface area (Å²) >= 11 is 0. The Bertz CT molecular complexity index is 1680. The number of nitrogens with zero attached hydrogens (tertiary/aromatic N) is 3. The second kappa shape index (κ2) is 12.1. The van der Waals surface area contributed by atoms with Gasteiger partial charge in [-0.1, -0.05) is 18.2 Å². The third kappa shape index (κ3) is 5.75. The van der Waals surface area contributed by atoms with E-state index in [1.54, 1.807) is 14.2 Å². The quantitative estimate of drug-likeness (QED) is 0.292. The summed E-state index contributed by atoms with van der Waals surface area (Å²) in [6, 6.07) is 14.8. The second-order valence-electron chi connectivity index (χ2n) is 10.5. The molecule has 42 heavy (non-hydrogen) atoms. The molecule has 1 unspecified atom stereocenters. The molecule has 10 heteroatoms. The molecule has 1 atom stereocenters. The molecule has 10 nitrogen and oxygen atoms in total. The second-order valence-corrected chi connectivity index (χ2v) is 10.5. The number of carbonyl (C=O) groups excluding carboxylic acids is 1. The van der Waals surface area contributed by atoms with Crippen LogP contribution in [0.25, 0.3) is 10.9 Å². The van der Waals surface area contributed by atoms with Crippen molar-refractivity contribution in [2.24, 2.45) is 0 Å². The van der Waals surface area contributed by atoms with Crippen LogP contribution in [0.15, 0.2) is 57.7 Å². The van der Waals surface area contributed by atoms with E-state index in [0.29, 0.717) is 41.7 Å². The maximum Gasteiger partial charge on any atom is 0.306 e. The van der Waals surface area contributed by atoms with E-state index >= 15 is 0 Å². The first-order chi connectivity index (χ1) is 20.2. The number of ether oxygens (including phenoxy) is 3. The molecule has 0 saturated carbocycles. The first kappa shape index (κ1) is 28.9.